The average Bonchev–Trinajstić information content (AvgIpc) is 2.57. The van der Waals surface area contributed by atoms with Crippen LogP contribution < -0.4 is 10.3 Å². The summed E-state index contributed by atoms with van der Waals surface area (Å²) in [5.74, 6) is -0.146. The number of unbranched alkanes of at least 4 members (excludes halogenated alkanes) is 2. The van der Waals surface area contributed by atoms with Crippen LogP contribution in [0.3, 0.4) is 0 Å². The first kappa shape index (κ1) is 18.0. The van der Waals surface area contributed by atoms with E-state index >= 15 is 0 Å². The Morgan fingerprint density at radius 2 is 2.17 bits per heavy atom. The van der Waals surface area contributed by atoms with Crippen molar-refractivity contribution in [2.45, 2.75) is 31.3 Å². The van der Waals surface area contributed by atoms with E-state index < -0.39 is 11.4 Å². The molecule has 0 aliphatic carbocycles. The van der Waals surface area contributed by atoms with Crippen molar-refractivity contribution >= 4 is 11.8 Å². The van der Waals surface area contributed by atoms with Gasteiger partial charge >= 0.3 is 0 Å². The Labute approximate surface area is 143 Å². The fourth-order valence-corrected chi connectivity index (χ4v) is 2.56. The number of nitrogens with one attached hydrogen (secondary N) is 1. The SMILES string of the molecule is CCCCCOc1cc(F)cc(-c2nc(SC)[nH]c(=O)c2C#N)c1. The Hall–Kier alpha value is -2.33. The van der Waals surface area contributed by atoms with Gasteiger partial charge in [0.05, 0.1) is 12.3 Å². The molecule has 0 spiro atoms. The summed E-state index contributed by atoms with van der Waals surface area (Å²) in [6.45, 7) is 2.58. The van der Waals surface area contributed by atoms with Gasteiger partial charge in [-0.25, -0.2) is 9.37 Å². The number of thioether (sulfide) groups is 1. The molecule has 0 bridgehead atoms. The van der Waals surface area contributed by atoms with E-state index in [-0.39, 0.29) is 11.3 Å². The number of rotatable bonds is 7. The Morgan fingerprint density at radius 1 is 1.38 bits per heavy atom. The fourth-order valence-electron chi connectivity index (χ4n) is 2.19. The number of ether oxygens (including phenoxy) is 1. The molecule has 126 valence electrons. The second-order valence-corrected chi connectivity index (χ2v) is 5.94. The molecule has 2 rings (SSSR count). The molecule has 0 amide bonds. The van der Waals surface area contributed by atoms with Crippen LogP contribution in [0.4, 0.5) is 4.39 Å². The summed E-state index contributed by atoms with van der Waals surface area (Å²) in [4.78, 5) is 18.7. The van der Waals surface area contributed by atoms with Crippen molar-refractivity contribution in [3.05, 3.63) is 39.9 Å². The molecule has 1 heterocycles. The highest BCUT2D eigenvalue weighted by molar-refractivity contribution is 7.98. The quantitative estimate of drug-likeness (QED) is 0.469. The first-order valence-corrected chi connectivity index (χ1v) is 8.83. The molecular formula is C17H18FN3O2S. The van der Waals surface area contributed by atoms with Crippen molar-refractivity contribution in [1.29, 1.82) is 5.26 Å². The van der Waals surface area contributed by atoms with Crippen LogP contribution in [-0.2, 0) is 0 Å². The van der Waals surface area contributed by atoms with E-state index in [0.717, 1.165) is 19.3 Å². The van der Waals surface area contributed by atoms with Crippen LogP contribution in [0, 0.1) is 17.1 Å². The molecule has 7 heteroatoms. The zero-order valence-electron chi connectivity index (χ0n) is 13.6. The van der Waals surface area contributed by atoms with Crippen LogP contribution in [0.2, 0.25) is 0 Å². The van der Waals surface area contributed by atoms with Crippen molar-refractivity contribution in [2.24, 2.45) is 0 Å². The molecule has 1 aromatic carbocycles. The van der Waals surface area contributed by atoms with Crippen molar-refractivity contribution in [3.63, 3.8) is 0 Å². The summed E-state index contributed by atoms with van der Waals surface area (Å²) in [5, 5.41) is 9.59. The number of aromatic amines is 1. The van der Waals surface area contributed by atoms with Crippen LogP contribution in [0.25, 0.3) is 11.3 Å². The Balaban J connectivity index is 2.42. The molecule has 0 radical (unpaired) electrons. The Morgan fingerprint density at radius 3 is 2.83 bits per heavy atom. The number of nitriles is 1. The van der Waals surface area contributed by atoms with Crippen LogP contribution >= 0.6 is 11.8 Å². The highest BCUT2D eigenvalue weighted by Crippen LogP contribution is 2.26. The number of hydrogen-bond acceptors (Lipinski definition) is 5. The molecule has 0 atom stereocenters. The summed E-state index contributed by atoms with van der Waals surface area (Å²) < 4.78 is 19.5. The van der Waals surface area contributed by atoms with Gasteiger partial charge < -0.3 is 9.72 Å². The maximum Gasteiger partial charge on any atom is 0.270 e. The highest BCUT2D eigenvalue weighted by Gasteiger charge is 2.15. The van der Waals surface area contributed by atoms with Gasteiger partial charge in [0.25, 0.3) is 5.56 Å². The van der Waals surface area contributed by atoms with Crippen LogP contribution in [0.5, 0.6) is 5.75 Å². The third-order valence-electron chi connectivity index (χ3n) is 3.36. The van der Waals surface area contributed by atoms with Crippen LogP contribution in [0.1, 0.15) is 31.7 Å². The highest BCUT2D eigenvalue weighted by atomic mass is 32.2. The maximum atomic E-state index is 13.9. The lowest BCUT2D eigenvalue weighted by molar-refractivity contribution is 0.305. The molecule has 2 aromatic rings. The minimum absolute atomic E-state index is 0.143. The van der Waals surface area contributed by atoms with Gasteiger partial charge in [0.15, 0.2) is 5.16 Å². The summed E-state index contributed by atoms with van der Waals surface area (Å²) in [5.41, 5.74) is -0.182. The number of nitrogens with zero attached hydrogens (tertiary/aromatic N) is 2. The molecule has 1 N–H and O–H groups in total. The van der Waals surface area contributed by atoms with Gasteiger partial charge in [0, 0.05) is 11.6 Å². The maximum absolute atomic E-state index is 13.9. The summed E-state index contributed by atoms with van der Waals surface area (Å²) in [7, 11) is 0. The predicted octanol–water partition coefficient (Wildman–Crippen LogP) is 3.74. The van der Waals surface area contributed by atoms with Crippen LogP contribution in [-0.4, -0.2) is 22.8 Å². The zero-order chi connectivity index (χ0) is 17.5. The van der Waals surface area contributed by atoms with Gasteiger partial charge in [-0.1, -0.05) is 31.5 Å². The van der Waals surface area contributed by atoms with Gasteiger partial charge in [-0.05, 0) is 24.8 Å². The molecule has 0 saturated carbocycles. The van der Waals surface area contributed by atoms with Crippen molar-refractivity contribution in [2.75, 3.05) is 12.9 Å². The van der Waals surface area contributed by atoms with E-state index in [1.165, 1.54) is 23.9 Å². The minimum atomic E-state index is -0.540. The lowest BCUT2D eigenvalue weighted by Crippen LogP contribution is -2.14. The topological polar surface area (TPSA) is 78.8 Å². The van der Waals surface area contributed by atoms with Crippen molar-refractivity contribution in [3.8, 4) is 23.1 Å². The summed E-state index contributed by atoms with van der Waals surface area (Å²) in [6.07, 6.45) is 4.73. The minimum Gasteiger partial charge on any atom is -0.493 e. The number of aromatic nitrogens is 2. The van der Waals surface area contributed by atoms with Crippen molar-refractivity contribution in [1.82, 2.24) is 9.97 Å². The van der Waals surface area contributed by atoms with E-state index in [2.05, 4.69) is 16.9 Å². The van der Waals surface area contributed by atoms with E-state index in [4.69, 9.17) is 4.74 Å². The second kappa shape index (κ2) is 8.50. The van der Waals surface area contributed by atoms with Crippen LogP contribution in [0.15, 0.2) is 28.2 Å². The monoisotopic (exact) mass is 347 g/mol. The number of halogens is 1. The Bertz CT molecular complexity index is 814. The van der Waals surface area contributed by atoms with E-state index in [9.17, 15) is 14.4 Å². The third kappa shape index (κ3) is 4.36. The molecule has 24 heavy (non-hydrogen) atoms. The molecule has 0 aliphatic heterocycles. The lowest BCUT2D eigenvalue weighted by Gasteiger charge is -2.10. The molecule has 1 aromatic heterocycles. The van der Waals surface area contributed by atoms with E-state index in [0.29, 0.717) is 23.1 Å². The number of hydrogen-bond donors (Lipinski definition) is 1. The molecule has 0 fully saturated rings. The average molecular weight is 347 g/mol. The van der Waals surface area contributed by atoms with Gasteiger partial charge in [0.1, 0.15) is 23.2 Å². The number of benzene rings is 1. The molecule has 0 unspecified atom stereocenters. The summed E-state index contributed by atoms with van der Waals surface area (Å²) >= 11 is 1.24. The first-order chi connectivity index (χ1) is 11.6. The summed E-state index contributed by atoms with van der Waals surface area (Å²) in [6, 6.07) is 5.96. The Kier molecular flexibility index (Phi) is 6.38. The predicted molar refractivity (Wildman–Crippen MR) is 91.8 cm³/mol. The molecular weight excluding hydrogens is 329 g/mol. The van der Waals surface area contributed by atoms with Crippen molar-refractivity contribution < 1.29 is 9.13 Å². The standard InChI is InChI=1S/C17H18FN3O2S/c1-3-4-5-6-23-13-8-11(7-12(18)9-13)15-14(10-19)16(22)21-17(20-15)24-2/h7-9H,3-6H2,1-2H3,(H,20,21,22). The van der Waals surface area contributed by atoms with Gasteiger partial charge in [-0.15, -0.1) is 0 Å². The lowest BCUT2D eigenvalue weighted by atomic mass is 10.1. The normalized spacial score (nSPS) is 10.4. The molecule has 5 nitrogen and oxygen atoms in total. The van der Waals surface area contributed by atoms with Gasteiger partial charge in [-0.2, -0.15) is 5.26 Å². The van der Waals surface area contributed by atoms with E-state index in [1.54, 1.807) is 12.3 Å². The first-order valence-electron chi connectivity index (χ1n) is 7.61. The third-order valence-corrected chi connectivity index (χ3v) is 3.94. The van der Waals surface area contributed by atoms with E-state index in [1.807, 2.05) is 6.07 Å². The van der Waals surface area contributed by atoms with Gasteiger partial charge in [0.2, 0.25) is 0 Å². The van der Waals surface area contributed by atoms with Gasteiger partial charge in [-0.3, -0.25) is 4.79 Å². The second-order valence-electron chi connectivity index (χ2n) is 5.14. The zero-order valence-corrected chi connectivity index (χ0v) is 14.4. The molecule has 0 aliphatic rings. The largest absolute Gasteiger partial charge is 0.493 e. The molecule has 0 saturated heterocycles. The fraction of sp³-hybridized carbons (Fsp3) is 0.353. The smallest absolute Gasteiger partial charge is 0.270 e. The number of H-pyrrole nitrogens is 1.